The minimum atomic E-state index is 0.592. The Morgan fingerprint density at radius 1 is 0.950 bits per heavy atom. The highest BCUT2D eigenvalue weighted by Crippen LogP contribution is 2.44. The lowest BCUT2D eigenvalue weighted by molar-refractivity contribution is 0.415. The predicted molar refractivity (Wildman–Crippen MR) is 90.7 cm³/mol. The summed E-state index contributed by atoms with van der Waals surface area (Å²) in [5.74, 6) is 3.47. The molecule has 2 aromatic rings. The summed E-state index contributed by atoms with van der Waals surface area (Å²) in [6.45, 7) is 0. The zero-order valence-corrected chi connectivity index (χ0v) is 13.2. The summed E-state index contributed by atoms with van der Waals surface area (Å²) < 4.78 is 5.91. The smallest absolute Gasteiger partial charge is 0.119 e. The third-order valence-electron chi connectivity index (χ3n) is 3.39. The summed E-state index contributed by atoms with van der Waals surface area (Å²) in [7, 11) is 1.71. The van der Waals surface area contributed by atoms with Crippen molar-refractivity contribution in [1.82, 2.24) is 0 Å². The van der Waals surface area contributed by atoms with E-state index in [0.717, 1.165) is 5.75 Å². The number of hydrogen-bond acceptors (Lipinski definition) is 3. The van der Waals surface area contributed by atoms with Crippen molar-refractivity contribution in [3.05, 3.63) is 54.1 Å². The lowest BCUT2D eigenvalue weighted by atomic mass is 10.0. The van der Waals surface area contributed by atoms with Crippen LogP contribution in [0.2, 0.25) is 0 Å². The van der Waals surface area contributed by atoms with Gasteiger partial charge < -0.3 is 4.74 Å². The van der Waals surface area contributed by atoms with Crippen LogP contribution in [-0.4, -0.2) is 18.6 Å². The molecule has 1 aliphatic rings. The van der Waals surface area contributed by atoms with Crippen LogP contribution in [0.25, 0.3) is 11.1 Å². The number of thioether (sulfide) groups is 2. The molecule has 0 aromatic heterocycles. The van der Waals surface area contributed by atoms with Crippen molar-refractivity contribution in [2.75, 3.05) is 18.6 Å². The van der Waals surface area contributed by atoms with Gasteiger partial charge in [0.15, 0.2) is 0 Å². The molecule has 0 saturated carbocycles. The SMILES string of the molecule is COc1cccc(-c2cccc(C3SCCCS3)c2)c1. The van der Waals surface area contributed by atoms with Crippen molar-refractivity contribution in [2.24, 2.45) is 0 Å². The summed E-state index contributed by atoms with van der Waals surface area (Å²) in [5, 5.41) is 0. The number of hydrogen-bond donors (Lipinski definition) is 0. The molecule has 20 heavy (non-hydrogen) atoms. The quantitative estimate of drug-likeness (QED) is 0.768. The second kappa shape index (κ2) is 6.59. The first-order valence-corrected chi connectivity index (χ1v) is 8.94. The molecule has 0 aliphatic carbocycles. The van der Waals surface area contributed by atoms with Crippen LogP contribution in [0.5, 0.6) is 5.75 Å². The van der Waals surface area contributed by atoms with Gasteiger partial charge in [-0.05, 0) is 52.8 Å². The maximum atomic E-state index is 5.31. The second-order valence-electron chi connectivity index (χ2n) is 4.78. The van der Waals surface area contributed by atoms with Crippen LogP contribution in [0, 0.1) is 0 Å². The van der Waals surface area contributed by atoms with E-state index in [-0.39, 0.29) is 0 Å². The molecule has 0 bridgehead atoms. The lowest BCUT2D eigenvalue weighted by Crippen LogP contribution is -2.00. The third-order valence-corrected chi connectivity index (χ3v) is 6.40. The van der Waals surface area contributed by atoms with Gasteiger partial charge in [-0.1, -0.05) is 30.3 Å². The highest BCUT2D eigenvalue weighted by molar-refractivity contribution is 8.16. The highest BCUT2D eigenvalue weighted by atomic mass is 32.2. The molecule has 1 heterocycles. The van der Waals surface area contributed by atoms with Gasteiger partial charge in [-0.15, -0.1) is 23.5 Å². The molecule has 0 atom stereocenters. The van der Waals surface area contributed by atoms with Gasteiger partial charge in [0.05, 0.1) is 11.7 Å². The van der Waals surface area contributed by atoms with Crippen LogP contribution in [0.3, 0.4) is 0 Å². The fourth-order valence-corrected chi connectivity index (χ4v) is 5.22. The molecule has 0 N–H and O–H groups in total. The van der Waals surface area contributed by atoms with E-state index in [1.807, 2.05) is 12.1 Å². The van der Waals surface area contributed by atoms with E-state index >= 15 is 0 Å². The Hall–Kier alpha value is -1.06. The van der Waals surface area contributed by atoms with E-state index in [9.17, 15) is 0 Å². The van der Waals surface area contributed by atoms with E-state index in [2.05, 4.69) is 59.9 Å². The van der Waals surface area contributed by atoms with Crippen molar-refractivity contribution in [3.63, 3.8) is 0 Å². The number of methoxy groups -OCH3 is 1. The van der Waals surface area contributed by atoms with Crippen molar-refractivity contribution < 1.29 is 4.74 Å². The summed E-state index contributed by atoms with van der Waals surface area (Å²) >= 11 is 4.13. The van der Waals surface area contributed by atoms with Crippen LogP contribution in [0.1, 0.15) is 16.6 Å². The maximum absolute atomic E-state index is 5.31. The van der Waals surface area contributed by atoms with Crippen LogP contribution in [-0.2, 0) is 0 Å². The average molecular weight is 302 g/mol. The fourth-order valence-electron chi connectivity index (χ4n) is 2.35. The van der Waals surface area contributed by atoms with E-state index in [1.165, 1.54) is 34.6 Å². The van der Waals surface area contributed by atoms with Gasteiger partial charge in [0.1, 0.15) is 5.75 Å². The molecule has 1 saturated heterocycles. The minimum absolute atomic E-state index is 0.592. The van der Waals surface area contributed by atoms with Crippen molar-refractivity contribution in [2.45, 2.75) is 11.0 Å². The van der Waals surface area contributed by atoms with Gasteiger partial charge in [-0.2, -0.15) is 0 Å². The normalized spacial score (nSPS) is 16.1. The predicted octanol–water partition coefficient (Wildman–Crippen LogP) is 5.23. The van der Waals surface area contributed by atoms with Gasteiger partial charge >= 0.3 is 0 Å². The van der Waals surface area contributed by atoms with Crippen molar-refractivity contribution >= 4 is 23.5 Å². The Bertz CT molecular complexity index is 577. The van der Waals surface area contributed by atoms with E-state index in [0.29, 0.717) is 4.58 Å². The van der Waals surface area contributed by atoms with E-state index in [4.69, 9.17) is 4.74 Å². The van der Waals surface area contributed by atoms with E-state index in [1.54, 1.807) is 7.11 Å². The molecule has 0 radical (unpaired) electrons. The first-order chi connectivity index (χ1) is 9.86. The lowest BCUT2D eigenvalue weighted by Gasteiger charge is -2.21. The summed E-state index contributed by atoms with van der Waals surface area (Å²) in [5.41, 5.74) is 3.92. The topological polar surface area (TPSA) is 9.23 Å². The third kappa shape index (κ3) is 3.15. The molecule has 1 aliphatic heterocycles. The van der Waals surface area contributed by atoms with Gasteiger partial charge in [0, 0.05) is 0 Å². The Morgan fingerprint density at radius 2 is 1.65 bits per heavy atom. The maximum Gasteiger partial charge on any atom is 0.119 e. The molecule has 1 fully saturated rings. The number of rotatable bonds is 3. The number of benzene rings is 2. The summed E-state index contributed by atoms with van der Waals surface area (Å²) in [6, 6.07) is 17.2. The molecule has 0 spiro atoms. The molecule has 104 valence electrons. The molecular formula is C17H18OS2. The Balaban J connectivity index is 1.89. The molecular weight excluding hydrogens is 284 g/mol. The van der Waals surface area contributed by atoms with Crippen LogP contribution < -0.4 is 4.74 Å². The Labute approximate surface area is 129 Å². The number of ether oxygens (including phenoxy) is 1. The van der Waals surface area contributed by atoms with Gasteiger partial charge in [0.25, 0.3) is 0 Å². The molecule has 0 unspecified atom stereocenters. The standard InChI is InChI=1S/C17H18OS2/c1-18-16-8-3-6-14(12-16)13-5-2-7-15(11-13)17-19-9-4-10-20-17/h2-3,5-8,11-12,17H,4,9-10H2,1H3. The van der Waals surface area contributed by atoms with Crippen molar-refractivity contribution in [1.29, 1.82) is 0 Å². The minimum Gasteiger partial charge on any atom is -0.497 e. The Kier molecular flexibility index (Phi) is 4.58. The second-order valence-corrected chi connectivity index (χ2v) is 7.51. The largest absolute Gasteiger partial charge is 0.497 e. The summed E-state index contributed by atoms with van der Waals surface area (Å²) in [6.07, 6.45) is 1.33. The first-order valence-electron chi connectivity index (χ1n) is 6.84. The van der Waals surface area contributed by atoms with Crippen LogP contribution >= 0.6 is 23.5 Å². The average Bonchev–Trinajstić information content (AvgIpc) is 2.56. The Morgan fingerprint density at radius 3 is 2.40 bits per heavy atom. The molecule has 3 rings (SSSR count). The monoisotopic (exact) mass is 302 g/mol. The molecule has 0 amide bonds. The zero-order chi connectivity index (χ0) is 13.8. The van der Waals surface area contributed by atoms with Gasteiger partial charge in [-0.3, -0.25) is 0 Å². The van der Waals surface area contributed by atoms with E-state index < -0.39 is 0 Å². The highest BCUT2D eigenvalue weighted by Gasteiger charge is 2.16. The van der Waals surface area contributed by atoms with Crippen LogP contribution in [0.4, 0.5) is 0 Å². The van der Waals surface area contributed by atoms with Gasteiger partial charge in [0.2, 0.25) is 0 Å². The van der Waals surface area contributed by atoms with Gasteiger partial charge in [-0.25, -0.2) is 0 Å². The first kappa shape index (κ1) is 13.9. The zero-order valence-electron chi connectivity index (χ0n) is 11.5. The molecule has 2 aromatic carbocycles. The summed E-state index contributed by atoms with van der Waals surface area (Å²) in [4.78, 5) is 0. The fraction of sp³-hybridized carbons (Fsp3) is 0.294. The molecule has 3 heteroatoms. The van der Waals surface area contributed by atoms with Crippen molar-refractivity contribution in [3.8, 4) is 16.9 Å². The van der Waals surface area contributed by atoms with Crippen LogP contribution in [0.15, 0.2) is 48.5 Å². The molecule has 1 nitrogen and oxygen atoms in total.